The summed E-state index contributed by atoms with van der Waals surface area (Å²) in [5, 5.41) is 0.930. The number of benzene rings is 1. The highest BCUT2D eigenvalue weighted by Crippen LogP contribution is 2.37. The molecule has 1 aromatic carbocycles. The fraction of sp³-hybridized carbons (Fsp3) is 0.200. The van der Waals surface area contributed by atoms with E-state index in [2.05, 4.69) is 0 Å². The first-order valence-electron chi connectivity index (χ1n) is 4.21. The third kappa shape index (κ3) is 1.36. The average molecular weight is 211 g/mol. The van der Waals surface area contributed by atoms with E-state index < -0.39 is 0 Å². The van der Waals surface area contributed by atoms with Gasteiger partial charge >= 0.3 is 0 Å². The van der Waals surface area contributed by atoms with Crippen molar-refractivity contribution in [1.82, 2.24) is 0 Å². The first-order chi connectivity index (χ1) is 6.76. The van der Waals surface area contributed by atoms with Crippen molar-refractivity contribution < 1.29 is 9.13 Å². The maximum atomic E-state index is 12.9. The molecule has 2 nitrogen and oxygen atoms in total. The van der Waals surface area contributed by atoms with E-state index in [1.54, 1.807) is 13.2 Å². The van der Waals surface area contributed by atoms with Crippen LogP contribution in [0.25, 0.3) is 10.1 Å². The van der Waals surface area contributed by atoms with Gasteiger partial charge in [0.05, 0.1) is 12.0 Å². The largest absolute Gasteiger partial charge is 0.495 e. The Bertz CT molecular complexity index is 466. The molecule has 0 aliphatic heterocycles. The number of ether oxygens (including phenoxy) is 1. The zero-order valence-corrected chi connectivity index (χ0v) is 8.53. The van der Waals surface area contributed by atoms with Gasteiger partial charge in [0.1, 0.15) is 11.6 Å². The average Bonchev–Trinajstić information content (AvgIpc) is 2.54. The van der Waals surface area contributed by atoms with Crippen LogP contribution in [0, 0.1) is 5.82 Å². The molecule has 0 spiro atoms. The number of nitrogens with two attached hydrogens (primary N) is 1. The monoisotopic (exact) mass is 211 g/mol. The van der Waals surface area contributed by atoms with Crippen LogP contribution in [0.5, 0.6) is 5.75 Å². The van der Waals surface area contributed by atoms with Gasteiger partial charge in [-0.15, -0.1) is 11.3 Å². The van der Waals surface area contributed by atoms with Crippen LogP contribution in [0.4, 0.5) is 4.39 Å². The second-order valence-electron chi connectivity index (χ2n) is 2.90. The molecule has 0 unspecified atom stereocenters. The van der Waals surface area contributed by atoms with E-state index in [0.29, 0.717) is 6.54 Å². The van der Waals surface area contributed by atoms with Gasteiger partial charge in [0.25, 0.3) is 0 Å². The van der Waals surface area contributed by atoms with Crippen molar-refractivity contribution in [3.05, 3.63) is 28.9 Å². The number of hydrogen-bond donors (Lipinski definition) is 1. The fourth-order valence-electron chi connectivity index (χ4n) is 1.46. The van der Waals surface area contributed by atoms with Gasteiger partial charge in [-0.3, -0.25) is 0 Å². The third-order valence-electron chi connectivity index (χ3n) is 2.06. The first-order valence-corrected chi connectivity index (χ1v) is 5.03. The Morgan fingerprint density at radius 2 is 2.29 bits per heavy atom. The molecule has 2 N–H and O–H groups in total. The van der Waals surface area contributed by atoms with Crippen molar-refractivity contribution in [2.24, 2.45) is 5.73 Å². The second kappa shape index (κ2) is 3.55. The smallest absolute Gasteiger partial charge is 0.141 e. The summed E-state index contributed by atoms with van der Waals surface area (Å²) in [6.07, 6.45) is 0. The quantitative estimate of drug-likeness (QED) is 0.828. The zero-order valence-electron chi connectivity index (χ0n) is 7.71. The summed E-state index contributed by atoms with van der Waals surface area (Å²) >= 11 is 1.47. The molecule has 0 aliphatic carbocycles. The number of methoxy groups -OCH3 is 1. The number of fused-ring (bicyclic) bond motifs is 1. The van der Waals surface area contributed by atoms with Crippen LogP contribution in [-0.2, 0) is 6.54 Å². The second-order valence-corrected chi connectivity index (χ2v) is 4.04. The first kappa shape index (κ1) is 9.43. The van der Waals surface area contributed by atoms with E-state index in [9.17, 15) is 4.39 Å². The Kier molecular flexibility index (Phi) is 2.39. The molecule has 1 heterocycles. The van der Waals surface area contributed by atoms with Crippen LogP contribution in [0.3, 0.4) is 0 Å². The van der Waals surface area contributed by atoms with Crippen LogP contribution < -0.4 is 10.5 Å². The lowest BCUT2D eigenvalue weighted by Crippen LogP contribution is -1.95. The molecule has 74 valence electrons. The number of halogens is 1. The highest BCUT2D eigenvalue weighted by molar-refractivity contribution is 7.19. The van der Waals surface area contributed by atoms with Gasteiger partial charge in [0.15, 0.2) is 0 Å². The van der Waals surface area contributed by atoms with E-state index in [0.717, 1.165) is 20.7 Å². The van der Waals surface area contributed by atoms with Crippen molar-refractivity contribution in [1.29, 1.82) is 0 Å². The third-order valence-corrected chi connectivity index (χ3v) is 3.22. The van der Waals surface area contributed by atoms with Crippen LogP contribution >= 0.6 is 11.3 Å². The topological polar surface area (TPSA) is 35.2 Å². The van der Waals surface area contributed by atoms with Crippen LogP contribution in [0.2, 0.25) is 0 Å². The Morgan fingerprint density at radius 3 is 2.93 bits per heavy atom. The predicted octanol–water partition coefficient (Wildman–Crippen LogP) is 2.51. The molecule has 0 radical (unpaired) electrons. The molecule has 0 bridgehead atoms. The van der Waals surface area contributed by atoms with Crippen molar-refractivity contribution in [2.45, 2.75) is 6.54 Å². The standard InChI is InChI=1S/C10H10FNOS/c1-13-10-7-3-2-6(11)4-8(7)14-9(10)5-12/h2-4H,5,12H2,1H3. The molecule has 4 heteroatoms. The summed E-state index contributed by atoms with van der Waals surface area (Å²) < 4.78 is 19.0. The van der Waals surface area contributed by atoms with Gasteiger partial charge in [0.2, 0.25) is 0 Å². The van der Waals surface area contributed by atoms with E-state index in [4.69, 9.17) is 10.5 Å². The molecule has 0 amide bonds. The summed E-state index contributed by atoms with van der Waals surface area (Å²) in [4.78, 5) is 0.952. The molecular formula is C10H10FNOS. The van der Waals surface area contributed by atoms with Crippen molar-refractivity contribution in [3.8, 4) is 5.75 Å². The van der Waals surface area contributed by atoms with E-state index in [1.165, 1.54) is 23.5 Å². The molecule has 0 saturated carbocycles. The SMILES string of the molecule is COc1c(CN)sc2cc(F)ccc12. The fourth-order valence-corrected chi connectivity index (χ4v) is 2.53. The van der Waals surface area contributed by atoms with Crippen molar-refractivity contribution >= 4 is 21.4 Å². The lowest BCUT2D eigenvalue weighted by Gasteiger charge is -1.99. The molecule has 0 fully saturated rings. The molecule has 2 rings (SSSR count). The van der Waals surface area contributed by atoms with Gasteiger partial charge in [-0.2, -0.15) is 0 Å². The minimum absolute atomic E-state index is 0.232. The molecule has 0 saturated heterocycles. The van der Waals surface area contributed by atoms with Crippen LogP contribution in [-0.4, -0.2) is 7.11 Å². The summed E-state index contributed by atoms with van der Waals surface area (Å²) in [5.41, 5.74) is 5.56. The van der Waals surface area contributed by atoms with Crippen LogP contribution in [0.15, 0.2) is 18.2 Å². The Labute approximate surface area is 85.1 Å². The summed E-state index contributed by atoms with van der Waals surface area (Å²) in [6, 6.07) is 4.65. The predicted molar refractivity (Wildman–Crippen MR) is 56.2 cm³/mol. The minimum Gasteiger partial charge on any atom is -0.495 e. The van der Waals surface area contributed by atoms with Crippen LogP contribution in [0.1, 0.15) is 4.88 Å². The van der Waals surface area contributed by atoms with Crippen molar-refractivity contribution in [3.63, 3.8) is 0 Å². The molecule has 14 heavy (non-hydrogen) atoms. The number of thiophene rings is 1. The highest BCUT2D eigenvalue weighted by Gasteiger charge is 2.11. The summed E-state index contributed by atoms with van der Waals surface area (Å²) in [5.74, 6) is 0.539. The zero-order chi connectivity index (χ0) is 10.1. The number of rotatable bonds is 2. The van der Waals surface area contributed by atoms with Gasteiger partial charge in [-0.1, -0.05) is 0 Å². The molecule has 2 aromatic rings. The van der Waals surface area contributed by atoms with E-state index in [1.807, 2.05) is 0 Å². The Morgan fingerprint density at radius 1 is 1.50 bits per heavy atom. The molecular weight excluding hydrogens is 201 g/mol. The Balaban J connectivity index is 2.73. The normalized spacial score (nSPS) is 10.8. The molecule has 1 aromatic heterocycles. The van der Waals surface area contributed by atoms with Gasteiger partial charge in [-0.05, 0) is 18.2 Å². The van der Waals surface area contributed by atoms with Gasteiger partial charge in [0, 0.05) is 16.6 Å². The van der Waals surface area contributed by atoms with Gasteiger partial charge in [-0.25, -0.2) is 4.39 Å². The van der Waals surface area contributed by atoms with Crippen molar-refractivity contribution in [2.75, 3.05) is 7.11 Å². The number of hydrogen-bond acceptors (Lipinski definition) is 3. The summed E-state index contributed by atoms with van der Waals surface area (Å²) in [6.45, 7) is 0.421. The lowest BCUT2D eigenvalue weighted by molar-refractivity contribution is 0.417. The van der Waals surface area contributed by atoms with E-state index in [-0.39, 0.29) is 5.82 Å². The maximum Gasteiger partial charge on any atom is 0.141 e. The Hall–Kier alpha value is -1.13. The maximum absolute atomic E-state index is 12.9. The minimum atomic E-state index is -0.232. The highest BCUT2D eigenvalue weighted by atomic mass is 32.1. The van der Waals surface area contributed by atoms with E-state index >= 15 is 0 Å². The summed E-state index contributed by atoms with van der Waals surface area (Å²) in [7, 11) is 1.60. The van der Waals surface area contributed by atoms with Gasteiger partial charge < -0.3 is 10.5 Å². The molecule has 0 aliphatic rings. The lowest BCUT2D eigenvalue weighted by atomic mass is 10.2. The molecule has 0 atom stereocenters.